The number of hydrogen-bond donors (Lipinski definition) is 1. The van der Waals surface area contributed by atoms with Gasteiger partial charge >= 0.3 is 5.97 Å². The molecule has 2 atom stereocenters. The van der Waals surface area contributed by atoms with Crippen LogP contribution in [0.15, 0.2) is 125 Å². The molecule has 2 aliphatic heterocycles. The maximum absolute atomic E-state index is 14.3. The van der Waals surface area contributed by atoms with Gasteiger partial charge in [0.15, 0.2) is 11.9 Å². The van der Waals surface area contributed by atoms with Gasteiger partial charge in [-0.25, -0.2) is 9.78 Å². The van der Waals surface area contributed by atoms with Crippen LogP contribution in [-0.2, 0) is 25.5 Å². The Kier molecular flexibility index (Phi) is 8.06. The molecular weight excluding hydrogens is 607 g/mol. The van der Waals surface area contributed by atoms with Gasteiger partial charge in [0, 0.05) is 16.2 Å². The Labute approximate surface area is 267 Å². The highest BCUT2D eigenvalue weighted by Gasteiger charge is 2.55. The van der Waals surface area contributed by atoms with E-state index in [9.17, 15) is 14.4 Å². The van der Waals surface area contributed by atoms with Crippen molar-refractivity contribution in [3.05, 3.63) is 142 Å². The smallest absolute Gasteiger partial charge is 0.356 e. The first-order chi connectivity index (χ1) is 22.1. The van der Waals surface area contributed by atoms with E-state index in [-0.39, 0.29) is 29.8 Å². The van der Waals surface area contributed by atoms with Crippen LogP contribution in [0.2, 0.25) is 0 Å². The van der Waals surface area contributed by atoms with E-state index < -0.39 is 23.5 Å². The molecule has 1 N–H and O–H groups in total. The van der Waals surface area contributed by atoms with Crippen molar-refractivity contribution in [1.82, 2.24) is 15.2 Å². The number of carbonyl (C=O) groups is 3. The summed E-state index contributed by atoms with van der Waals surface area (Å²) < 4.78 is 12.4. The molecule has 2 amide bonds. The summed E-state index contributed by atoms with van der Waals surface area (Å²) in [4.78, 5) is 47.6. The summed E-state index contributed by atoms with van der Waals surface area (Å²) in [5.41, 5.74) is 2.95. The topological polar surface area (TPSA) is 102 Å². The number of aromatic nitrogens is 1. The predicted molar refractivity (Wildman–Crippen MR) is 173 cm³/mol. The second-order valence-electron chi connectivity index (χ2n) is 10.5. The normalized spacial score (nSPS) is 17.5. The van der Waals surface area contributed by atoms with Gasteiger partial charge in [0.25, 0.3) is 5.91 Å². The fraction of sp³-hybridized carbons (Fsp3) is 0.143. The third-order valence-electron chi connectivity index (χ3n) is 7.64. The summed E-state index contributed by atoms with van der Waals surface area (Å²) in [6.07, 6.45) is 1.08. The van der Waals surface area contributed by atoms with Crippen LogP contribution in [0, 0.1) is 0 Å². The number of rotatable bonds is 9. The fourth-order valence-corrected chi connectivity index (χ4v) is 7.50. The lowest BCUT2D eigenvalue weighted by Gasteiger charge is -2.49. The van der Waals surface area contributed by atoms with Crippen LogP contribution in [0.25, 0.3) is 16.9 Å². The van der Waals surface area contributed by atoms with Gasteiger partial charge in [-0.1, -0.05) is 97.1 Å². The van der Waals surface area contributed by atoms with Crippen LogP contribution in [0.3, 0.4) is 0 Å². The molecule has 0 unspecified atom stereocenters. The van der Waals surface area contributed by atoms with Gasteiger partial charge in [-0.2, -0.15) is 0 Å². The second kappa shape index (κ2) is 12.6. The van der Waals surface area contributed by atoms with E-state index in [4.69, 9.17) is 9.15 Å². The molecule has 0 saturated carbocycles. The first kappa shape index (κ1) is 28.8. The average molecular weight is 634 g/mol. The molecule has 1 fully saturated rings. The van der Waals surface area contributed by atoms with Crippen LogP contribution in [0.4, 0.5) is 0 Å². The summed E-state index contributed by atoms with van der Waals surface area (Å²) in [6, 6.07) is 31.5. The molecule has 7 rings (SSSR count). The van der Waals surface area contributed by atoms with Crippen molar-refractivity contribution in [2.24, 2.45) is 0 Å². The number of thiophene rings is 1. The Morgan fingerprint density at radius 2 is 1.60 bits per heavy atom. The number of thioether (sulfide) groups is 1. The minimum atomic E-state index is -0.768. The lowest BCUT2D eigenvalue weighted by atomic mass is 10.0. The first-order valence-electron chi connectivity index (χ1n) is 14.4. The Balaban J connectivity index is 1.23. The monoisotopic (exact) mass is 633 g/mol. The van der Waals surface area contributed by atoms with Crippen molar-refractivity contribution in [3.63, 3.8) is 0 Å². The highest BCUT2D eigenvalue weighted by atomic mass is 32.2. The highest BCUT2D eigenvalue weighted by molar-refractivity contribution is 8.00. The highest BCUT2D eigenvalue weighted by Crippen LogP contribution is 2.44. The number of nitrogens with zero attached hydrogens (tertiary/aromatic N) is 2. The lowest BCUT2D eigenvalue weighted by molar-refractivity contribution is -0.154. The average Bonchev–Trinajstić information content (AvgIpc) is 3.79. The standard InChI is InChI=1S/C35H27N3O5S2/c39-28(19-25-17-10-18-44-25)37-29-33(40)38-30(35(41)43-31(23-13-6-2-7-14-23)24-15-8-3-9-16-24)26(21-45-34(29)38)32-36-20-27(42-32)22-11-4-1-5-12-22/h1-18,20,29,31,34H,19,21H2,(H,37,39)/t29-,34+/m1/s1. The van der Waals surface area contributed by atoms with E-state index >= 15 is 0 Å². The van der Waals surface area contributed by atoms with E-state index in [2.05, 4.69) is 10.3 Å². The summed E-state index contributed by atoms with van der Waals surface area (Å²) in [5, 5.41) is 4.30. The van der Waals surface area contributed by atoms with Crippen molar-refractivity contribution in [2.45, 2.75) is 23.9 Å². The number of hydrogen-bond acceptors (Lipinski definition) is 8. The Hall–Kier alpha value is -4.93. The Morgan fingerprint density at radius 3 is 2.24 bits per heavy atom. The molecule has 10 heteroatoms. The maximum Gasteiger partial charge on any atom is 0.356 e. The van der Waals surface area contributed by atoms with E-state index in [1.807, 2.05) is 109 Å². The van der Waals surface area contributed by atoms with Crippen molar-refractivity contribution < 1.29 is 23.5 Å². The summed E-state index contributed by atoms with van der Waals surface area (Å²) >= 11 is 2.93. The van der Waals surface area contributed by atoms with Gasteiger partial charge in [0.2, 0.25) is 11.8 Å². The zero-order valence-corrected chi connectivity index (χ0v) is 25.5. The quantitative estimate of drug-likeness (QED) is 0.155. The van der Waals surface area contributed by atoms with E-state index in [0.717, 1.165) is 21.6 Å². The van der Waals surface area contributed by atoms with Gasteiger partial charge in [-0.15, -0.1) is 23.1 Å². The molecule has 224 valence electrons. The molecule has 0 radical (unpaired) electrons. The van der Waals surface area contributed by atoms with Crippen molar-refractivity contribution >= 4 is 46.5 Å². The molecule has 0 bridgehead atoms. The van der Waals surface area contributed by atoms with Gasteiger partial charge < -0.3 is 14.5 Å². The number of β-lactam (4-membered cyclic amide) rings is 1. The molecule has 4 heterocycles. The van der Waals surface area contributed by atoms with Crippen LogP contribution < -0.4 is 5.32 Å². The fourth-order valence-electron chi connectivity index (χ4n) is 5.46. The van der Waals surface area contributed by atoms with Gasteiger partial charge in [0.05, 0.1) is 18.2 Å². The molecule has 8 nitrogen and oxygen atoms in total. The minimum Gasteiger partial charge on any atom is -0.448 e. The molecule has 2 aromatic heterocycles. The largest absolute Gasteiger partial charge is 0.448 e. The number of nitrogens with one attached hydrogen (secondary N) is 1. The number of benzene rings is 3. The molecule has 2 aliphatic rings. The Morgan fingerprint density at radius 1 is 0.933 bits per heavy atom. The van der Waals surface area contributed by atoms with E-state index in [0.29, 0.717) is 17.1 Å². The summed E-state index contributed by atoms with van der Waals surface area (Å²) in [6.45, 7) is 0. The molecule has 5 aromatic rings. The van der Waals surface area contributed by atoms with Crippen LogP contribution in [-0.4, -0.2) is 44.8 Å². The summed E-state index contributed by atoms with van der Waals surface area (Å²) in [5.74, 6) is -0.208. The van der Waals surface area contributed by atoms with Crippen molar-refractivity contribution in [1.29, 1.82) is 0 Å². The SMILES string of the molecule is O=C(Cc1cccs1)N[C@@H]1C(=O)N2C(C(=O)OC(c3ccccc3)c3ccccc3)=C(c3ncc(-c4ccccc4)o3)CS[C@@H]12. The van der Waals surface area contributed by atoms with Crippen LogP contribution in [0.5, 0.6) is 0 Å². The van der Waals surface area contributed by atoms with Crippen LogP contribution in [0.1, 0.15) is 28.0 Å². The van der Waals surface area contributed by atoms with Gasteiger partial charge in [-0.05, 0) is 22.6 Å². The van der Waals surface area contributed by atoms with E-state index in [1.54, 1.807) is 6.20 Å². The third kappa shape index (κ3) is 5.82. The number of amides is 2. The molecule has 3 aromatic carbocycles. The zero-order valence-electron chi connectivity index (χ0n) is 23.9. The van der Waals surface area contributed by atoms with Crippen molar-refractivity contribution in [2.75, 3.05) is 5.75 Å². The number of ether oxygens (including phenoxy) is 1. The summed E-state index contributed by atoms with van der Waals surface area (Å²) in [7, 11) is 0. The van der Waals surface area contributed by atoms with Crippen LogP contribution >= 0.6 is 23.1 Å². The number of carbonyl (C=O) groups excluding carboxylic acids is 3. The molecule has 1 saturated heterocycles. The number of esters is 1. The van der Waals surface area contributed by atoms with Gasteiger partial charge in [-0.3, -0.25) is 14.5 Å². The maximum atomic E-state index is 14.3. The molecule has 0 spiro atoms. The zero-order chi connectivity index (χ0) is 30.8. The van der Waals surface area contributed by atoms with Crippen molar-refractivity contribution in [3.8, 4) is 11.3 Å². The number of fused-ring (bicyclic) bond motifs is 1. The third-order valence-corrected chi connectivity index (χ3v) is 9.80. The Bertz CT molecular complexity index is 1820. The second-order valence-corrected chi connectivity index (χ2v) is 12.7. The van der Waals surface area contributed by atoms with Gasteiger partial charge in [0.1, 0.15) is 17.1 Å². The molecule has 0 aliphatic carbocycles. The number of oxazole rings is 1. The molecular formula is C35H27N3O5S2. The first-order valence-corrected chi connectivity index (χ1v) is 16.3. The molecule has 45 heavy (non-hydrogen) atoms. The minimum absolute atomic E-state index is 0.0748. The van der Waals surface area contributed by atoms with E-state index in [1.165, 1.54) is 28.0 Å². The predicted octanol–water partition coefficient (Wildman–Crippen LogP) is 6.09. The lowest BCUT2D eigenvalue weighted by Crippen LogP contribution is -2.70.